The van der Waals surface area contributed by atoms with Gasteiger partial charge in [0.15, 0.2) is 5.82 Å². The van der Waals surface area contributed by atoms with Crippen molar-refractivity contribution in [3.63, 3.8) is 0 Å². The number of piperidine rings is 2. The number of hydrogen-bond acceptors (Lipinski definition) is 8. The van der Waals surface area contributed by atoms with Gasteiger partial charge in [-0.1, -0.05) is 0 Å². The highest BCUT2D eigenvalue weighted by molar-refractivity contribution is 5.54. The van der Waals surface area contributed by atoms with E-state index in [1.807, 2.05) is 13.0 Å². The molecule has 2 aliphatic rings. The van der Waals surface area contributed by atoms with Crippen LogP contribution in [0.4, 0.5) is 17.6 Å². The third-order valence-corrected chi connectivity index (χ3v) is 5.75. The fourth-order valence-corrected chi connectivity index (χ4v) is 4.61. The molecule has 2 saturated heterocycles. The molecule has 2 aliphatic heterocycles. The lowest BCUT2D eigenvalue weighted by Gasteiger charge is -2.43. The van der Waals surface area contributed by atoms with Crippen LogP contribution in [0.1, 0.15) is 49.9 Å². The van der Waals surface area contributed by atoms with E-state index in [4.69, 9.17) is 5.26 Å². The molecular weight excluding hydrogens is 368 g/mol. The smallest absolute Gasteiger partial charge is 0.225 e. The van der Waals surface area contributed by atoms with E-state index in [2.05, 4.69) is 42.2 Å². The van der Waals surface area contributed by atoms with E-state index in [1.165, 1.54) is 0 Å². The Kier molecular flexibility index (Phi) is 5.92. The zero-order chi connectivity index (χ0) is 20.2. The van der Waals surface area contributed by atoms with E-state index in [-0.39, 0.29) is 12.6 Å². The third-order valence-electron chi connectivity index (χ3n) is 5.75. The van der Waals surface area contributed by atoms with Crippen LogP contribution in [0, 0.1) is 24.2 Å². The summed E-state index contributed by atoms with van der Waals surface area (Å²) in [6, 6.07) is 7.12. The van der Waals surface area contributed by atoms with Gasteiger partial charge in [-0.3, -0.25) is 5.10 Å². The van der Waals surface area contributed by atoms with E-state index in [0.717, 1.165) is 37.8 Å². The first-order chi connectivity index (χ1) is 14.1. The summed E-state index contributed by atoms with van der Waals surface area (Å²) in [6.07, 6.45) is 5.92. The number of aliphatic hydroxyl groups excluding tert-OH is 1. The Hall–Kier alpha value is -2.70. The SMILES string of the molecule is Cc1cc(Nc2cc(CO)nc(NC3CC4CC(CCC#N)CC(C3)N4)n2)n[nH]1. The first-order valence-corrected chi connectivity index (χ1v) is 10.3. The molecule has 29 heavy (non-hydrogen) atoms. The number of nitrogens with one attached hydrogen (secondary N) is 4. The number of fused-ring (bicyclic) bond motifs is 2. The van der Waals surface area contributed by atoms with Crippen molar-refractivity contribution in [2.45, 2.75) is 70.2 Å². The Bertz CT molecular complexity index is 862. The van der Waals surface area contributed by atoms with Crippen molar-refractivity contribution in [1.82, 2.24) is 25.5 Å². The number of aryl methyl sites for hydroxylation is 1. The van der Waals surface area contributed by atoms with Gasteiger partial charge in [-0.05, 0) is 44.9 Å². The summed E-state index contributed by atoms with van der Waals surface area (Å²) in [5.74, 6) is 2.45. The quantitative estimate of drug-likeness (QED) is 0.481. The van der Waals surface area contributed by atoms with Crippen LogP contribution >= 0.6 is 0 Å². The van der Waals surface area contributed by atoms with Gasteiger partial charge in [0.1, 0.15) is 5.82 Å². The van der Waals surface area contributed by atoms with Gasteiger partial charge in [-0.2, -0.15) is 15.3 Å². The summed E-state index contributed by atoms with van der Waals surface area (Å²) >= 11 is 0. The van der Waals surface area contributed by atoms with Crippen molar-refractivity contribution in [2.24, 2.45) is 5.92 Å². The number of hydrogen-bond donors (Lipinski definition) is 5. The Morgan fingerprint density at radius 3 is 2.62 bits per heavy atom. The number of nitrogens with zero attached hydrogens (tertiary/aromatic N) is 4. The summed E-state index contributed by atoms with van der Waals surface area (Å²) in [4.78, 5) is 9.02. The Labute approximate surface area is 170 Å². The maximum absolute atomic E-state index is 9.59. The van der Waals surface area contributed by atoms with Gasteiger partial charge in [0.2, 0.25) is 5.95 Å². The van der Waals surface area contributed by atoms with Crippen LogP contribution in [-0.2, 0) is 6.61 Å². The maximum Gasteiger partial charge on any atom is 0.225 e. The van der Waals surface area contributed by atoms with Gasteiger partial charge in [0.05, 0.1) is 18.4 Å². The van der Waals surface area contributed by atoms with Gasteiger partial charge in [-0.25, -0.2) is 4.98 Å². The molecule has 4 rings (SSSR count). The van der Waals surface area contributed by atoms with Gasteiger partial charge >= 0.3 is 0 Å². The highest BCUT2D eigenvalue weighted by atomic mass is 16.3. The minimum Gasteiger partial charge on any atom is -0.390 e. The number of nitriles is 1. The molecule has 0 spiro atoms. The van der Waals surface area contributed by atoms with Gasteiger partial charge in [0, 0.05) is 42.4 Å². The average Bonchev–Trinajstić information content (AvgIpc) is 3.10. The van der Waals surface area contributed by atoms with E-state index >= 15 is 0 Å². The molecule has 5 N–H and O–H groups in total. The zero-order valence-corrected chi connectivity index (χ0v) is 16.6. The molecule has 2 aromatic heterocycles. The predicted molar refractivity (Wildman–Crippen MR) is 109 cm³/mol. The summed E-state index contributed by atoms with van der Waals surface area (Å²) in [5.41, 5.74) is 1.51. The van der Waals surface area contributed by atoms with Gasteiger partial charge < -0.3 is 21.1 Å². The lowest BCUT2D eigenvalue weighted by atomic mass is 9.77. The molecular formula is C20H28N8O. The summed E-state index contributed by atoms with van der Waals surface area (Å²) < 4.78 is 0. The minimum atomic E-state index is -0.149. The molecule has 2 aromatic rings. The first kappa shape index (κ1) is 19.6. The van der Waals surface area contributed by atoms with Crippen LogP contribution in [0.2, 0.25) is 0 Å². The molecule has 0 amide bonds. The number of aliphatic hydroxyl groups is 1. The molecule has 0 saturated carbocycles. The molecule has 2 fully saturated rings. The van der Waals surface area contributed by atoms with Crippen molar-refractivity contribution in [3.8, 4) is 6.07 Å². The monoisotopic (exact) mass is 396 g/mol. The molecule has 9 heteroatoms. The largest absolute Gasteiger partial charge is 0.390 e. The fourth-order valence-electron chi connectivity index (χ4n) is 4.61. The Morgan fingerprint density at radius 2 is 1.97 bits per heavy atom. The molecule has 2 atom stereocenters. The number of anilines is 3. The summed E-state index contributed by atoms with van der Waals surface area (Å²) in [6.45, 7) is 1.78. The van der Waals surface area contributed by atoms with E-state index < -0.39 is 0 Å². The average molecular weight is 396 g/mol. The van der Waals surface area contributed by atoms with Crippen LogP contribution < -0.4 is 16.0 Å². The molecule has 2 unspecified atom stereocenters. The Morgan fingerprint density at radius 1 is 1.17 bits per heavy atom. The molecule has 0 aromatic carbocycles. The number of aromatic amines is 1. The molecule has 4 heterocycles. The zero-order valence-electron chi connectivity index (χ0n) is 16.6. The summed E-state index contributed by atoms with van der Waals surface area (Å²) in [5, 5.41) is 35.9. The number of aromatic nitrogens is 4. The number of H-pyrrole nitrogens is 1. The van der Waals surface area contributed by atoms with Crippen LogP contribution in [-0.4, -0.2) is 43.4 Å². The molecule has 9 nitrogen and oxygen atoms in total. The maximum atomic E-state index is 9.59. The fraction of sp³-hybridized carbons (Fsp3) is 0.600. The van der Waals surface area contributed by atoms with Gasteiger partial charge in [-0.15, -0.1) is 0 Å². The van der Waals surface area contributed by atoms with Crippen LogP contribution in [0.5, 0.6) is 0 Å². The van der Waals surface area contributed by atoms with Crippen molar-refractivity contribution in [2.75, 3.05) is 10.6 Å². The molecule has 0 radical (unpaired) electrons. The lowest BCUT2D eigenvalue weighted by Crippen LogP contribution is -2.54. The van der Waals surface area contributed by atoms with Crippen LogP contribution in [0.3, 0.4) is 0 Å². The standard InChI is InChI=1S/C20H28N8O/c1-12-5-19(28-27-12)25-18-10-17(11-29)24-20(26-18)23-16-8-14-6-13(3-2-4-21)7-15(9-16)22-14/h5,10,13-16,22,29H,2-3,6-9,11H2,1H3,(H3,23,24,25,26,27,28). The topological polar surface area (TPSA) is 135 Å². The third kappa shape index (κ3) is 5.02. The van der Waals surface area contributed by atoms with Crippen molar-refractivity contribution >= 4 is 17.6 Å². The second-order valence-corrected chi connectivity index (χ2v) is 8.19. The normalized spacial score (nSPS) is 26.0. The van der Waals surface area contributed by atoms with Crippen molar-refractivity contribution in [3.05, 3.63) is 23.5 Å². The minimum absolute atomic E-state index is 0.149. The van der Waals surface area contributed by atoms with Crippen molar-refractivity contribution < 1.29 is 5.11 Å². The Balaban J connectivity index is 1.41. The molecule has 0 aliphatic carbocycles. The van der Waals surface area contributed by atoms with E-state index in [9.17, 15) is 5.11 Å². The molecule has 154 valence electrons. The second kappa shape index (κ2) is 8.76. The second-order valence-electron chi connectivity index (χ2n) is 8.19. The number of rotatable bonds is 7. The van der Waals surface area contributed by atoms with Crippen molar-refractivity contribution in [1.29, 1.82) is 5.26 Å². The molecule has 2 bridgehead atoms. The van der Waals surface area contributed by atoms with E-state index in [0.29, 0.717) is 47.7 Å². The van der Waals surface area contributed by atoms with Crippen LogP contribution in [0.15, 0.2) is 12.1 Å². The summed E-state index contributed by atoms with van der Waals surface area (Å²) in [7, 11) is 0. The predicted octanol–water partition coefficient (Wildman–Crippen LogP) is 2.36. The highest BCUT2D eigenvalue weighted by Crippen LogP contribution is 2.33. The van der Waals surface area contributed by atoms with E-state index in [1.54, 1.807) is 6.07 Å². The lowest BCUT2D eigenvalue weighted by molar-refractivity contribution is 0.171. The van der Waals surface area contributed by atoms with Gasteiger partial charge in [0.25, 0.3) is 0 Å². The first-order valence-electron chi connectivity index (χ1n) is 10.3. The highest BCUT2D eigenvalue weighted by Gasteiger charge is 2.35. The van der Waals surface area contributed by atoms with Crippen LogP contribution in [0.25, 0.3) is 0 Å².